The summed E-state index contributed by atoms with van der Waals surface area (Å²) in [5.41, 5.74) is 1.26. The highest BCUT2D eigenvalue weighted by Crippen LogP contribution is 2.28. The Morgan fingerprint density at radius 2 is 2.21 bits per heavy atom. The van der Waals surface area contributed by atoms with Gasteiger partial charge in [-0.25, -0.2) is 0 Å². The van der Waals surface area contributed by atoms with Crippen molar-refractivity contribution in [2.75, 3.05) is 13.7 Å². The zero-order valence-corrected chi connectivity index (χ0v) is 11.7. The van der Waals surface area contributed by atoms with E-state index in [9.17, 15) is 5.11 Å². The summed E-state index contributed by atoms with van der Waals surface area (Å²) in [6.45, 7) is 3.69. The number of methoxy groups -OCH3 is 1. The zero-order valence-electron chi connectivity index (χ0n) is 11.0. The van der Waals surface area contributed by atoms with E-state index in [0.29, 0.717) is 36.1 Å². The average molecular weight is 285 g/mol. The molecule has 0 amide bonds. The SMILES string of the molecule is CCn1nccc1C(O)c1c(Cl)cnn1CCOC. The molecule has 104 valence electrons. The van der Waals surface area contributed by atoms with Crippen LogP contribution in [-0.4, -0.2) is 38.4 Å². The molecule has 0 bridgehead atoms. The molecule has 0 aliphatic rings. The lowest BCUT2D eigenvalue weighted by Gasteiger charge is -2.15. The maximum Gasteiger partial charge on any atom is 0.139 e. The molecular weight excluding hydrogens is 268 g/mol. The van der Waals surface area contributed by atoms with Crippen LogP contribution in [0.4, 0.5) is 0 Å². The maximum absolute atomic E-state index is 10.5. The Labute approximate surface area is 116 Å². The van der Waals surface area contributed by atoms with Crippen molar-refractivity contribution in [3.63, 3.8) is 0 Å². The van der Waals surface area contributed by atoms with Crippen molar-refractivity contribution in [3.05, 3.63) is 34.9 Å². The number of aliphatic hydroxyl groups is 1. The molecule has 0 fully saturated rings. The van der Waals surface area contributed by atoms with Crippen LogP contribution in [0, 0.1) is 0 Å². The summed E-state index contributed by atoms with van der Waals surface area (Å²) in [4.78, 5) is 0. The van der Waals surface area contributed by atoms with Gasteiger partial charge < -0.3 is 9.84 Å². The number of hydrogen-bond acceptors (Lipinski definition) is 4. The molecule has 0 saturated carbocycles. The molecule has 0 radical (unpaired) electrons. The number of rotatable bonds is 6. The summed E-state index contributed by atoms with van der Waals surface area (Å²) in [7, 11) is 1.62. The molecular formula is C12H17ClN4O2. The predicted molar refractivity (Wildman–Crippen MR) is 71.1 cm³/mol. The second-order valence-electron chi connectivity index (χ2n) is 4.07. The van der Waals surface area contributed by atoms with Gasteiger partial charge in [-0.1, -0.05) is 11.6 Å². The second kappa shape index (κ2) is 6.18. The number of nitrogens with zero attached hydrogens (tertiary/aromatic N) is 4. The number of aryl methyl sites for hydroxylation is 1. The van der Waals surface area contributed by atoms with Gasteiger partial charge in [-0.15, -0.1) is 0 Å². The number of ether oxygens (including phenoxy) is 1. The first-order valence-electron chi connectivity index (χ1n) is 6.09. The minimum absolute atomic E-state index is 0.437. The van der Waals surface area contributed by atoms with Gasteiger partial charge in [-0.2, -0.15) is 10.2 Å². The predicted octanol–water partition coefficient (Wildman–Crippen LogP) is 1.48. The normalized spacial score (nSPS) is 12.8. The first-order valence-corrected chi connectivity index (χ1v) is 6.46. The first-order chi connectivity index (χ1) is 9.19. The van der Waals surface area contributed by atoms with Gasteiger partial charge in [0.2, 0.25) is 0 Å². The van der Waals surface area contributed by atoms with Crippen molar-refractivity contribution < 1.29 is 9.84 Å². The smallest absolute Gasteiger partial charge is 0.139 e. The van der Waals surface area contributed by atoms with Crippen molar-refractivity contribution in [1.82, 2.24) is 19.6 Å². The largest absolute Gasteiger partial charge is 0.383 e. The summed E-state index contributed by atoms with van der Waals surface area (Å²) in [5, 5.41) is 19.2. The van der Waals surface area contributed by atoms with Crippen molar-refractivity contribution in [1.29, 1.82) is 0 Å². The van der Waals surface area contributed by atoms with Crippen molar-refractivity contribution in [3.8, 4) is 0 Å². The minimum Gasteiger partial charge on any atom is -0.383 e. The van der Waals surface area contributed by atoms with Gasteiger partial charge in [0.15, 0.2) is 0 Å². The van der Waals surface area contributed by atoms with Crippen LogP contribution in [0.3, 0.4) is 0 Å². The minimum atomic E-state index is -0.852. The Hall–Kier alpha value is -1.37. The lowest BCUT2D eigenvalue weighted by Crippen LogP contribution is -2.16. The number of halogens is 1. The van der Waals surface area contributed by atoms with Gasteiger partial charge in [0, 0.05) is 19.9 Å². The molecule has 7 heteroatoms. The fraction of sp³-hybridized carbons (Fsp3) is 0.500. The lowest BCUT2D eigenvalue weighted by atomic mass is 10.2. The molecule has 1 atom stereocenters. The van der Waals surface area contributed by atoms with Crippen LogP contribution in [0.15, 0.2) is 18.5 Å². The highest BCUT2D eigenvalue weighted by Gasteiger charge is 2.22. The first kappa shape index (κ1) is 14.0. The Bertz CT molecular complexity index is 538. The number of hydrogen-bond donors (Lipinski definition) is 1. The summed E-state index contributed by atoms with van der Waals surface area (Å²) in [6.07, 6.45) is 2.34. The van der Waals surface area contributed by atoms with Crippen LogP contribution in [0.2, 0.25) is 5.02 Å². The fourth-order valence-corrected chi connectivity index (χ4v) is 2.22. The summed E-state index contributed by atoms with van der Waals surface area (Å²) in [6, 6.07) is 1.78. The van der Waals surface area contributed by atoms with Crippen LogP contribution in [0.1, 0.15) is 24.4 Å². The molecule has 0 aliphatic heterocycles. The lowest BCUT2D eigenvalue weighted by molar-refractivity contribution is 0.168. The molecule has 2 aromatic heterocycles. The molecule has 1 N–H and O–H groups in total. The van der Waals surface area contributed by atoms with E-state index in [4.69, 9.17) is 16.3 Å². The van der Waals surface area contributed by atoms with E-state index in [2.05, 4.69) is 10.2 Å². The van der Waals surface area contributed by atoms with Crippen LogP contribution in [0.25, 0.3) is 0 Å². The van der Waals surface area contributed by atoms with Gasteiger partial charge in [0.25, 0.3) is 0 Å². The van der Waals surface area contributed by atoms with E-state index in [1.54, 1.807) is 28.7 Å². The van der Waals surface area contributed by atoms with E-state index < -0.39 is 6.10 Å². The van der Waals surface area contributed by atoms with E-state index in [-0.39, 0.29) is 0 Å². The Kier molecular flexibility index (Phi) is 4.57. The third kappa shape index (κ3) is 2.80. The van der Waals surface area contributed by atoms with Gasteiger partial charge in [-0.3, -0.25) is 9.36 Å². The van der Waals surface area contributed by atoms with Crippen LogP contribution in [0.5, 0.6) is 0 Å². The maximum atomic E-state index is 10.5. The highest BCUT2D eigenvalue weighted by molar-refractivity contribution is 6.31. The van der Waals surface area contributed by atoms with Crippen molar-refractivity contribution in [2.24, 2.45) is 0 Å². The molecule has 2 rings (SSSR count). The molecule has 2 heterocycles. The molecule has 19 heavy (non-hydrogen) atoms. The third-order valence-corrected chi connectivity index (χ3v) is 3.22. The van der Waals surface area contributed by atoms with Crippen molar-refractivity contribution in [2.45, 2.75) is 26.1 Å². The summed E-state index contributed by atoms with van der Waals surface area (Å²) < 4.78 is 8.41. The van der Waals surface area contributed by atoms with Crippen LogP contribution >= 0.6 is 11.6 Å². The molecule has 0 aromatic carbocycles. The molecule has 0 saturated heterocycles. The zero-order chi connectivity index (χ0) is 13.8. The number of aliphatic hydroxyl groups excluding tert-OH is 1. The van der Waals surface area contributed by atoms with Crippen LogP contribution in [-0.2, 0) is 17.8 Å². The monoisotopic (exact) mass is 284 g/mol. The molecule has 6 nitrogen and oxygen atoms in total. The van der Waals surface area contributed by atoms with Gasteiger partial charge in [-0.05, 0) is 13.0 Å². The third-order valence-electron chi connectivity index (χ3n) is 2.93. The second-order valence-corrected chi connectivity index (χ2v) is 4.48. The van der Waals surface area contributed by atoms with Crippen molar-refractivity contribution >= 4 is 11.6 Å². The standard InChI is InChI=1S/C12H17ClN4O2/c1-3-16-10(4-5-14-16)12(18)11-9(13)8-15-17(11)6-7-19-2/h4-5,8,12,18H,3,6-7H2,1-2H3. The fourth-order valence-electron chi connectivity index (χ4n) is 1.98. The average Bonchev–Trinajstić information content (AvgIpc) is 3.02. The van der Waals surface area contributed by atoms with Gasteiger partial charge in [0.05, 0.1) is 35.8 Å². The quantitative estimate of drug-likeness (QED) is 0.873. The van der Waals surface area contributed by atoms with E-state index in [1.807, 2.05) is 6.92 Å². The molecule has 0 aliphatic carbocycles. The Morgan fingerprint density at radius 3 is 2.89 bits per heavy atom. The topological polar surface area (TPSA) is 65.1 Å². The highest BCUT2D eigenvalue weighted by atomic mass is 35.5. The van der Waals surface area contributed by atoms with E-state index >= 15 is 0 Å². The van der Waals surface area contributed by atoms with Crippen LogP contribution < -0.4 is 0 Å². The van der Waals surface area contributed by atoms with E-state index in [0.717, 1.165) is 0 Å². The summed E-state index contributed by atoms with van der Waals surface area (Å²) in [5.74, 6) is 0. The summed E-state index contributed by atoms with van der Waals surface area (Å²) >= 11 is 6.12. The van der Waals surface area contributed by atoms with Gasteiger partial charge in [0.1, 0.15) is 6.10 Å². The van der Waals surface area contributed by atoms with Gasteiger partial charge >= 0.3 is 0 Å². The Balaban J connectivity index is 2.32. The molecule has 0 spiro atoms. The Morgan fingerprint density at radius 1 is 1.42 bits per heavy atom. The molecule has 1 unspecified atom stereocenters. The number of aromatic nitrogens is 4. The van der Waals surface area contributed by atoms with E-state index in [1.165, 1.54) is 6.20 Å². The molecule has 2 aromatic rings.